The van der Waals surface area contributed by atoms with E-state index in [-0.39, 0.29) is 5.92 Å². The molecule has 0 aromatic rings. The van der Waals surface area contributed by atoms with Crippen LogP contribution in [-0.2, 0) is 0 Å². The SMILES string of the molecule is CCCC(O)(CC)C(C)C#N. The molecule has 2 heteroatoms. The van der Waals surface area contributed by atoms with Gasteiger partial charge in [-0.2, -0.15) is 5.26 Å². The summed E-state index contributed by atoms with van der Waals surface area (Å²) < 4.78 is 0. The lowest BCUT2D eigenvalue weighted by atomic mass is 9.84. The van der Waals surface area contributed by atoms with E-state index in [4.69, 9.17) is 5.26 Å². The lowest BCUT2D eigenvalue weighted by Gasteiger charge is -2.28. The van der Waals surface area contributed by atoms with Gasteiger partial charge >= 0.3 is 0 Å². The second kappa shape index (κ2) is 4.35. The van der Waals surface area contributed by atoms with Gasteiger partial charge in [-0.15, -0.1) is 0 Å². The van der Waals surface area contributed by atoms with Gasteiger partial charge in [0.1, 0.15) is 0 Å². The molecule has 0 saturated carbocycles. The van der Waals surface area contributed by atoms with Crippen molar-refractivity contribution in [3.63, 3.8) is 0 Å². The molecule has 0 aromatic carbocycles. The van der Waals surface area contributed by atoms with Crippen molar-refractivity contribution in [2.45, 2.75) is 45.6 Å². The van der Waals surface area contributed by atoms with Crippen LogP contribution in [0.3, 0.4) is 0 Å². The van der Waals surface area contributed by atoms with E-state index in [2.05, 4.69) is 6.07 Å². The summed E-state index contributed by atoms with van der Waals surface area (Å²) in [7, 11) is 0. The maximum absolute atomic E-state index is 9.87. The highest BCUT2D eigenvalue weighted by molar-refractivity contribution is 4.94. The molecule has 0 saturated heterocycles. The average molecular weight is 155 g/mol. The Morgan fingerprint density at radius 2 is 2.09 bits per heavy atom. The predicted molar refractivity (Wildman–Crippen MR) is 44.9 cm³/mol. The van der Waals surface area contributed by atoms with Gasteiger partial charge in [-0.05, 0) is 19.8 Å². The number of aliphatic hydroxyl groups is 1. The molecule has 0 aromatic heterocycles. The van der Waals surface area contributed by atoms with Gasteiger partial charge in [0.25, 0.3) is 0 Å². The Morgan fingerprint density at radius 1 is 1.55 bits per heavy atom. The van der Waals surface area contributed by atoms with Crippen LogP contribution in [0.1, 0.15) is 40.0 Å². The molecule has 0 radical (unpaired) electrons. The minimum Gasteiger partial charge on any atom is -0.389 e. The zero-order valence-electron chi connectivity index (χ0n) is 7.59. The van der Waals surface area contributed by atoms with Gasteiger partial charge in [-0.1, -0.05) is 20.3 Å². The first kappa shape index (κ1) is 10.4. The van der Waals surface area contributed by atoms with Crippen LogP contribution in [0.15, 0.2) is 0 Å². The molecule has 2 nitrogen and oxygen atoms in total. The maximum atomic E-state index is 9.87. The molecule has 0 aliphatic heterocycles. The molecule has 0 amide bonds. The molecule has 0 rings (SSSR count). The highest BCUT2D eigenvalue weighted by Crippen LogP contribution is 2.25. The quantitative estimate of drug-likeness (QED) is 0.675. The first-order chi connectivity index (χ1) is 5.10. The number of hydrogen-bond donors (Lipinski definition) is 1. The summed E-state index contributed by atoms with van der Waals surface area (Å²) in [6, 6.07) is 2.09. The fourth-order valence-electron chi connectivity index (χ4n) is 1.25. The predicted octanol–water partition coefficient (Wildman–Crippen LogP) is 2.09. The van der Waals surface area contributed by atoms with Crippen molar-refractivity contribution in [2.24, 2.45) is 5.92 Å². The minimum atomic E-state index is -0.760. The third kappa shape index (κ3) is 2.51. The number of nitriles is 1. The van der Waals surface area contributed by atoms with E-state index in [0.29, 0.717) is 6.42 Å². The summed E-state index contributed by atoms with van der Waals surface area (Å²) in [6.07, 6.45) is 2.31. The van der Waals surface area contributed by atoms with E-state index >= 15 is 0 Å². The zero-order chi connectivity index (χ0) is 8.91. The average Bonchev–Trinajstić information content (AvgIpc) is 2.03. The third-order valence-corrected chi connectivity index (χ3v) is 2.29. The molecule has 11 heavy (non-hydrogen) atoms. The molecule has 0 spiro atoms. The smallest absolute Gasteiger partial charge is 0.0799 e. The molecule has 0 aliphatic carbocycles. The normalized spacial score (nSPS) is 18.5. The fourth-order valence-corrected chi connectivity index (χ4v) is 1.25. The van der Waals surface area contributed by atoms with Gasteiger partial charge in [-0.3, -0.25) is 0 Å². The summed E-state index contributed by atoms with van der Waals surface area (Å²) in [4.78, 5) is 0. The van der Waals surface area contributed by atoms with Crippen LogP contribution >= 0.6 is 0 Å². The maximum Gasteiger partial charge on any atom is 0.0799 e. The van der Waals surface area contributed by atoms with Crippen LogP contribution < -0.4 is 0 Å². The van der Waals surface area contributed by atoms with Crippen LogP contribution in [0.5, 0.6) is 0 Å². The summed E-state index contributed by atoms with van der Waals surface area (Å²) in [5.74, 6) is -0.257. The van der Waals surface area contributed by atoms with Crippen molar-refractivity contribution in [3.8, 4) is 6.07 Å². The fraction of sp³-hybridized carbons (Fsp3) is 0.889. The van der Waals surface area contributed by atoms with E-state index < -0.39 is 5.60 Å². The van der Waals surface area contributed by atoms with Crippen LogP contribution in [-0.4, -0.2) is 10.7 Å². The first-order valence-corrected chi connectivity index (χ1v) is 4.22. The highest BCUT2D eigenvalue weighted by Gasteiger charge is 2.30. The molecular formula is C9H17NO. The molecular weight excluding hydrogens is 138 g/mol. The molecule has 64 valence electrons. The summed E-state index contributed by atoms with van der Waals surface area (Å²) in [6.45, 7) is 5.72. The molecule has 2 unspecified atom stereocenters. The second-order valence-electron chi connectivity index (χ2n) is 3.06. The summed E-state index contributed by atoms with van der Waals surface area (Å²) >= 11 is 0. The topological polar surface area (TPSA) is 44.0 Å². The largest absolute Gasteiger partial charge is 0.389 e. The van der Waals surface area contributed by atoms with E-state index in [1.54, 1.807) is 6.92 Å². The Labute approximate surface area is 68.8 Å². The van der Waals surface area contributed by atoms with Gasteiger partial charge in [0.15, 0.2) is 0 Å². The van der Waals surface area contributed by atoms with Crippen LogP contribution in [0.2, 0.25) is 0 Å². The Morgan fingerprint density at radius 3 is 2.36 bits per heavy atom. The molecule has 2 atom stereocenters. The van der Waals surface area contributed by atoms with E-state index in [0.717, 1.165) is 12.8 Å². The minimum absolute atomic E-state index is 0.257. The Hall–Kier alpha value is -0.550. The molecule has 0 heterocycles. The van der Waals surface area contributed by atoms with Crippen LogP contribution in [0.25, 0.3) is 0 Å². The van der Waals surface area contributed by atoms with Crippen molar-refractivity contribution in [1.29, 1.82) is 5.26 Å². The Balaban J connectivity index is 4.22. The molecule has 0 bridgehead atoms. The monoisotopic (exact) mass is 155 g/mol. The van der Waals surface area contributed by atoms with Crippen molar-refractivity contribution < 1.29 is 5.11 Å². The van der Waals surface area contributed by atoms with Crippen molar-refractivity contribution in [3.05, 3.63) is 0 Å². The third-order valence-electron chi connectivity index (χ3n) is 2.29. The standard InChI is InChI=1S/C9H17NO/c1-4-6-9(11,5-2)8(3)7-10/h8,11H,4-6H2,1-3H3. The summed E-state index contributed by atoms with van der Waals surface area (Å²) in [5, 5.41) is 18.5. The van der Waals surface area contributed by atoms with E-state index in [9.17, 15) is 5.11 Å². The Kier molecular flexibility index (Phi) is 4.14. The lowest BCUT2D eigenvalue weighted by molar-refractivity contribution is -0.00427. The van der Waals surface area contributed by atoms with Crippen LogP contribution in [0, 0.1) is 17.2 Å². The summed E-state index contributed by atoms with van der Waals surface area (Å²) in [5.41, 5.74) is -0.760. The zero-order valence-corrected chi connectivity index (χ0v) is 7.59. The van der Waals surface area contributed by atoms with Crippen molar-refractivity contribution in [2.75, 3.05) is 0 Å². The number of hydrogen-bond acceptors (Lipinski definition) is 2. The van der Waals surface area contributed by atoms with Gasteiger partial charge in [0, 0.05) is 0 Å². The van der Waals surface area contributed by atoms with Gasteiger partial charge < -0.3 is 5.11 Å². The Bertz CT molecular complexity index is 150. The number of nitrogens with zero attached hydrogens (tertiary/aromatic N) is 1. The van der Waals surface area contributed by atoms with Crippen molar-refractivity contribution in [1.82, 2.24) is 0 Å². The van der Waals surface area contributed by atoms with Gasteiger partial charge in [0.2, 0.25) is 0 Å². The molecule has 1 N–H and O–H groups in total. The number of rotatable bonds is 4. The lowest BCUT2D eigenvalue weighted by Crippen LogP contribution is -2.34. The second-order valence-corrected chi connectivity index (χ2v) is 3.06. The molecule has 0 fully saturated rings. The van der Waals surface area contributed by atoms with E-state index in [1.807, 2.05) is 13.8 Å². The van der Waals surface area contributed by atoms with E-state index in [1.165, 1.54) is 0 Å². The highest BCUT2D eigenvalue weighted by atomic mass is 16.3. The van der Waals surface area contributed by atoms with Gasteiger partial charge in [-0.25, -0.2) is 0 Å². The van der Waals surface area contributed by atoms with Crippen molar-refractivity contribution >= 4 is 0 Å². The first-order valence-electron chi connectivity index (χ1n) is 4.22. The van der Waals surface area contributed by atoms with Crippen LogP contribution in [0.4, 0.5) is 0 Å². The molecule has 0 aliphatic rings. The van der Waals surface area contributed by atoms with Gasteiger partial charge in [0.05, 0.1) is 17.6 Å².